The fourth-order valence-electron chi connectivity index (χ4n) is 2.01. The molecule has 7 nitrogen and oxygen atoms in total. The zero-order chi connectivity index (χ0) is 13.7. The standard InChI is InChI=1S/C12H22N6O/c1-9(19-2)8-14-11-15-10(13)16-12(17-11)18-6-4-3-5-7-18/h9H,3-8H2,1-2H3,(H3,13,14,15,16,17). The number of hydrogen-bond acceptors (Lipinski definition) is 7. The van der Waals surface area contributed by atoms with Gasteiger partial charge in [0, 0.05) is 26.7 Å². The van der Waals surface area contributed by atoms with Crippen molar-refractivity contribution in [3.8, 4) is 0 Å². The Morgan fingerprint density at radius 3 is 2.68 bits per heavy atom. The number of nitrogens with zero attached hydrogens (tertiary/aromatic N) is 4. The summed E-state index contributed by atoms with van der Waals surface area (Å²) in [5.41, 5.74) is 5.74. The van der Waals surface area contributed by atoms with Crippen molar-refractivity contribution in [1.82, 2.24) is 15.0 Å². The Bertz CT molecular complexity index is 407. The summed E-state index contributed by atoms with van der Waals surface area (Å²) < 4.78 is 5.17. The van der Waals surface area contributed by atoms with E-state index in [0.717, 1.165) is 13.1 Å². The van der Waals surface area contributed by atoms with Crippen LogP contribution in [0, 0.1) is 0 Å². The molecule has 0 saturated carbocycles. The Kier molecular flexibility index (Phi) is 4.73. The Labute approximate surface area is 113 Å². The molecule has 2 heterocycles. The van der Waals surface area contributed by atoms with E-state index in [0.29, 0.717) is 18.4 Å². The lowest BCUT2D eigenvalue weighted by atomic mass is 10.1. The van der Waals surface area contributed by atoms with E-state index >= 15 is 0 Å². The van der Waals surface area contributed by atoms with Gasteiger partial charge in [-0.15, -0.1) is 0 Å². The van der Waals surface area contributed by atoms with Crippen molar-refractivity contribution in [1.29, 1.82) is 0 Å². The number of nitrogen functional groups attached to an aromatic ring is 1. The van der Waals surface area contributed by atoms with Crippen molar-refractivity contribution < 1.29 is 4.74 Å². The molecule has 1 aliphatic heterocycles. The second-order valence-corrected chi connectivity index (χ2v) is 4.79. The molecule has 2 rings (SSSR count). The molecular weight excluding hydrogens is 244 g/mol. The van der Waals surface area contributed by atoms with E-state index in [1.165, 1.54) is 19.3 Å². The Morgan fingerprint density at radius 2 is 2.00 bits per heavy atom. The van der Waals surface area contributed by atoms with Gasteiger partial charge in [-0.05, 0) is 26.2 Å². The number of nitrogens with two attached hydrogens (primary N) is 1. The molecule has 7 heteroatoms. The van der Waals surface area contributed by atoms with Gasteiger partial charge in [0.1, 0.15) is 0 Å². The van der Waals surface area contributed by atoms with E-state index in [1.807, 2.05) is 6.92 Å². The number of hydrogen-bond donors (Lipinski definition) is 2. The minimum Gasteiger partial charge on any atom is -0.380 e. The Hall–Kier alpha value is -1.63. The van der Waals surface area contributed by atoms with Gasteiger partial charge in [0.15, 0.2) is 0 Å². The van der Waals surface area contributed by atoms with Crippen LogP contribution in [0.5, 0.6) is 0 Å². The maximum Gasteiger partial charge on any atom is 0.231 e. The zero-order valence-electron chi connectivity index (χ0n) is 11.6. The third kappa shape index (κ3) is 3.92. The highest BCUT2D eigenvalue weighted by Gasteiger charge is 2.15. The molecule has 19 heavy (non-hydrogen) atoms. The van der Waals surface area contributed by atoms with Gasteiger partial charge in [0.2, 0.25) is 17.8 Å². The number of methoxy groups -OCH3 is 1. The number of nitrogens with one attached hydrogen (secondary N) is 1. The molecule has 1 aromatic heterocycles. The third-order valence-corrected chi connectivity index (χ3v) is 3.23. The summed E-state index contributed by atoms with van der Waals surface area (Å²) in [6, 6.07) is 0. The van der Waals surface area contributed by atoms with Crippen LogP contribution in [0.1, 0.15) is 26.2 Å². The number of rotatable bonds is 5. The topological polar surface area (TPSA) is 89.2 Å². The van der Waals surface area contributed by atoms with Crippen LogP contribution in [-0.4, -0.2) is 47.8 Å². The molecule has 0 aromatic carbocycles. The monoisotopic (exact) mass is 266 g/mol. The van der Waals surface area contributed by atoms with Crippen molar-refractivity contribution in [2.75, 3.05) is 42.7 Å². The van der Waals surface area contributed by atoms with Gasteiger partial charge >= 0.3 is 0 Å². The average molecular weight is 266 g/mol. The predicted octanol–water partition coefficient (Wildman–Crippen LogP) is 0.891. The minimum atomic E-state index is 0.0939. The lowest BCUT2D eigenvalue weighted by Crippen LogP contribution is -2.31. The van der Waals surface area contributed by atoms with E-state index in [1.54, 1.807) is 7.11 Å². The van der Waals surface area contributed by atoms with E-state index in [2.05, 4.69) is 25.2 Å². The molecule has 106 valence electrons. The molecule has 1 fully saturated rings. The number of aromatic nitrogens is 3. The van der Waals surface area contributed by atoms with Crippen LogP contribution in [-0.2, 0) is 4.74 Å². The molecule has 0 spiro atoms. The maximum absolute atomic E-state index is 5.74. The van der Waals surface area contributed by atoms with Gasteiger partial charge in [0.25, 0.3) is 0 Å². The normalized spacial score (nSPS) is 17.3. The van der Waals surface area contributed by atoms with Crippen molar-refractivity contribution in [3.63, 3.8) is 0 Å². The van der Waals surface area contributed by atoms with Crippen LogP contribution in [0.25, 0.3) is 0 Å². The highest BCUT2D eigenvalue weighted by molar-refractivity contribution is 5.42. The van der Waals surface area contributed by atoms with Crippen LogP contribution in [0.15, 0.2) is 0 Å². The lowest BCUT2D eigenvalue weighted by Gasteiger charge is -2.26. The van der Waals surface area contributed by atoms with Gasteiger partial charge in [-0.1, -0.05) is 0 Å². The highest BCUT2D eigenvalue weighted by Crippen LogP contribution is 2.17. The smallest absolute Gasteiger partial charge is 0.231 e. The fraction of sp³-hybridized carbons (Fsp3) is 0.750. The van der Waals surface area contributed by atoms with Crippen LogP contribution in [0.2, 0.25) is 0 Å². The molecule has 1 aromatic rings. The summed E-state index contributed by atoms with van der Waals surface area (Å²) in [5, 5.41) is 3.12. The van der Waals surface area contributed by atoms with E-state index < -0.39 is 0 Å². The van der Waals surface area contributed by atoms with Gasteiger partial charge in [-0.3, -0.25) is 0 Å². The summed E-state index contributed by atoms with van der Waals surface area (Å²) >= 11 is 0. The van der Waals surface area contributed by atoms with E-state index in [-0.39, 0.29) is 12.1 Å². The molecule has 1 atom stereocenters. The van der Waals surface area contributed by atoms with Crippen LogP contribution >= 0.6 is 0 Å². The highest BCUT2D eigenvalue weighted by atomic mass is 16.5. The van der Waals surface area contributed by atoms with Gasteiger partial charge in [-0.25, -0.2) is 0 Å². The summed E-state index contributed by atoms with van der Waals surface area (Å²) in [4.78, 5) is 14.9. The minimum absolute atomic E-state index is 0.0939. The van der Waals surface area contributed by atoms with Crippen molar-refractivity contribution in [3.05, 3.63) is 0 Å². The molecular formula is C12H22N6O. The third-order valence-electron chi connectivity index (χ3n) is 3.23. The number of anilines is 3. The quantitative estimate of drug-likeness (QED) is 0.818. The number of ether oxygens (including phenoxy) is 1. The van der Waals surface area contributed by atoms with Crippen molar-refractivity contribution in [2.45, 2.75) is 32.3 Å². The van der Waals surface area contributed by atoms with Gasteiger partial charge in [-0.2, -0.15) is 15.0 Å². The molecule has 0 radical (unpaired) electrons. The first-order valence-corrected chi connectivity index (χ1v) is 6.72. The van der Waals surface area contributed by atoms with Crippen LogP contribution in [0.3, 0.4) is 0 Å². The lowest BCUT2D eigenvalue weighted by molar-refractivity contribution is 0.128. The van der Waals surface area contributed by atoms with E-state index in [9.17, 15) is 0 Å². The number of piperidine rings is 1. The van der Waals surface area contributed by atoms with Gasteiger partial charge < -0.3 is 20.7 Å². The first-order valence-electron chi connectivity index (χ1n) is 6.72. The van der Waals surface area contributed by atoms with Crippen molar-refractivity contribution in [2.24, 2.45) is 0 Å². The maximum atomic E-state index is 5.74. The second-order valence-electron chi connectivity index (χ2n) is 4.79. The molecule has 1 saturated heterocycles. The molecule has 0 aliphatic carbocycles. The largest absolute Gasteiger partial charge is 0.380 e. The zero-order valence-corrected chi connectivity index (χ0v) is 11.6. The Balaban J connectivity index is 2.05. The average Bonchev–Trinajstić information content (AvgIpc) is 2.45. The molecule has 0 amide bonds. The summed E-state index contributed by atoms with van der Waals surface area (Å²) in [6.07, 6.45) is 3.72. The first-order chi connectivity index (χ1) is 9.19. The summed E-state index contributed by atoms with van der Waals surface area (Å²) in [6.45, 7) is 4.58. The molecule has 1 aliphatic rings. The molecule has 3 N–H and O–H groups in total. The van der Waals surface area contributed by atoms with Crippen LogP contribution in [0.4, 0.5) is 17.8 Å². The van der Waals surface area contributed by atoms with Crippen LogP contribution < -0.4 is 16.0 Å². The predicted molar refractivity (Wildman–Crippen MR) is 75.3 cm³/mol. The fourth-order valence-corrected chi connectivity index (χ4v) is 2.01. The molecule has 1 unspecified atom stereocenters. The Morgan fingerprint density at radius 1 is 1.26 bits per heavy atom. The van der Waals surface area contributed by atoms with E-state index in [4.69, 9.17) is 10.5 Å². The van der Waals surface area contributed by atoms with Crippen molar-refractivity contribution >= 4 is 17.8 Å². The SMILES string of the molecule is COC(C)CNc1nc(N)nc(N2CCCCC2)n1. The molecule has 0 bridgehead atoms. The summed E-state index contributed by atoms with van der Waals surface area (Å²) in [5.74, 6) is 1.43. The summed E-state index contributed by atoms with van der Waals surface area (Å²) in [7, 11) is 1.67. The second kappa shape index (κ2) is 6.51. The first kappa shape index (κ1) is 13.8. The van der Waals surface area contributed by atoms with Gasteiger partial charge in [0.05, 0.1) is 6.10 Å².